The lowest BCUT2D eigenvalue weighted by molar-refractivity contribution is 0.243. The molecule has 0 spiro atoms. The van der Waals surface area contributed by atoms with E-state index in [0.717, 1.165) is 25.7 Å². The lowest BCUT2D eigenvalue weighted by Gasteiger charge is -2.36. The maximum absolute atomic E-state index is 10.3. The Morgan fingerprint density at radius 2 is 2.00 bits per heavy atom. The van der Waals surface area contributed by atoms with E-state index < -0.39 is 0 Å². The second-order valence-corrected chi connectivity index (χ2v) is 3.82. The fourth-order valence-corrected chi connectivity index (χ4v) is 2.25. The maximum atomic E-state index is 10.3. The summed E-state index contributed by atoms with van der Waals surface area (Å²) in [5, 5.41) is 2.89. The number of amides is 1. The zero-order valence-corrected chi connectivity index (χ0v) is 7.86. The van der Waals surface area contributed by atoms with Gasteiger partial charge < -0.3 is 5.32 Å². The summed E-state index contributed by atoms with van der Waals surface area (Å²) in [5.41, 5.74) is 0.106. The summed E-state index contributed by atoms with van der Waals surface area (Å²) in [4.78, 5) is 10.3. The molecule has 0 atom stereocenters. The van der Waals surface area contributed by atoms with E-state index in [2.05, 4.69) is 12.2 Å². The predicted octanol–water partition coefficient (Wildman–Crippen LogP) is 2.15. The van der Waals surface area contributed by atoms with Gasteiger partial charge in [0.2, 0.25) is 0 Å². The number of hydrogen-bond donors (Lipinski definition) is 1. The van der Waals surface area contributed by atoms with Crippen LogP contribution in [0.3, 0.4) is 0 Å². The van der Waals surface area contributed by atoms with Gasteiger partial charge in [0, 0.05) is 5.54 Å². The van der Waals surface area contributed by atoms with Crippen LogP contribution in [-0.4, -0.2) is 11.9 Å². The van der Waals surface area contributed by atoms with Gasteiger partial charge in [0.05, 0.1) is 0 Å². The molecule has 0 bridgehead atoms. The van der Waals surface area contributed by atoms with Crippen molar-refractivity contribution in [1.29, 1.82) is 0 Å². The molecule has 0 aromatic rings. The van der Waals surface area contributed by atoms with Gasteiger partial charge in [-0.3, -0.25) is 4.79 Å². The van der Waals surface area contributed by atoms with Crippen LogP contribution in [0.15, 0.2) is 0 Å². The molecule has 69 valence electrons. The summed E-state index contributed by atoms with van der Waals surface area (Å²) in [5.74, 6) is 0. The molecule has 1 fully saturated rings. The summed E-state index contributed by atoms with van der Waals surface area (Å²) in [6, 6.07) is 0. The van der Waals surface area contributed by atoms with Crippen molar-refractivity contribution in [3.63, 3.8) is 0 Å². The third kappa shape index (κ3) is 2.23. The molecule has 0 aliphatic heterocycles. The summed E-state index contributed by atoms with van der Waals surface area (Å²) < 4.78 is 0. The number of nitrogens with one attached hydrogen (secondary N) is 1. The van der Waals surface area contributed by atoms with E-state index in [1.165, 1.54) is 19.3 Å². The summed E-state index contributed by atoms with van der Waals surface area (Å²) in [6.45, 7) is 2.17. The molecular weight excluding hydrogens is 150 g/mol. The summed E-state index contributed by atoms with van der Waals surface area (Å²) in [7, 11) is 0. The Balaban J connectivity index is 2.49. The summed E-state index contributed by atoms with van der Waals surface area (Å²) in [6.07, 6.45) is 10.3. The van der Waals surface area contributed by atoms with E-state index >= 15 is 0 Å². The molecule has 0 unspecified atom stereocenters. The minimum atomic E-state index is 0.106. The highest BCUT2D eigenvalue weighted by Crippen LogP contribution is 2.31. The molecule has 1 radical (unpaired) electrons. The molecule has 2 heteroatoms. The Hall–Kier alpha value is -0.530. The highest BCUT2D eigenvalue weighted by atomic mass is 16.1. The van der Waals surface area contributed by atoms with Crippen LogP contribution in [0.25, 0.3) is 0 Å². The van der Waals surface area contributed by atoms with Gasteiger partial charge in [-0.25, -0.2) is 0 Å². The molecule has 1 aliphatic rings. The van der Waals surface area contributed by atoms with Crippen molar-refractivity contribution in [1.82, 2.24) is 5.32 Å². The van der Waals surface area contributed by atoms with Crippen LogP contribution in [0.5, 0.6) is 0 Å². The molecule has 2 nitrogen and oxygen atoms in total. The van der Waals surface area contributed by atoms with Crippen LogP contribution in [0.4, 0.5) is 0 Å². The molecule has 0 saturated heterocycles. The van der Waals surface area contributed by atoms with E-state index in [1.807, 2.05) is 6.41 Å². The Kier molecular flexibility index (Phi) is 3.57. The largest absolute Gasteiger partial charge is 0.342 e. The Labute approximate surface area is 74.7 Å². The van der Waals surface area contributed by atoms with E-state index in [0.29, 0.717) is 0 Å². The minimum absolute atomic E-state index is 0.106. The van der Waals surface area contributed by atoms with Gasteiger partial charge in [-0.15, -0.1) is 0 Å². The second kappa shape index (κ2) is 4.48. The predicted molar refractivity (Wildman–Crippen MR) is 49.6 cm³/mol. The Morgan fingerprint density at radius 1 is 1.33 bits per heavy atom. The first kappa shape index (κ1) is 9.56. The lowest BCUT2D eigenvalue weighted by atomic mass is 9.79. The zero-order chi connectivity index (χ0) is 8.86. The summed E-state index contributed by atoms with van der Waals surface area (Å²) >= 11 is 0. The van der Waals surface area contributed by atoms with Gasteiger partial charge in [0.15, 0.2) is 0 Å². The van der Waals surface area contributed by atoms with E-state index in [4.69, 9.17) is 0 Å². The topological polar surface area (TPSA) is 29.1 Å². The molecule has 0 aromatic carbocycles. The average Bonchev–Trinajstić information content (AvgIpc) is 2.07. The molecule has 1 amide bonds. The molecule has 0 aromatic heterocycles. The molecule has 0 heterocycles. The van der Waals surface area contributed by atoms with Crippen molar-refractivity contribution in [2.45, 2.75) is 57.4 Å². The average molecular weight is 168 g/mol. The SMILES string of the molecule is CCCC1(N[C]=O)CCCCC1. The monoisotopic (exact) mass is 168 g/mol. The van der Waals surface area contributed by atoms with E-state index in [1.54, 1.807) is 0 Å². The van der Waals surface area contributed by atoms with Crippen LogP contribution in [0.1, 0.15) is 51.9 Å². The van der Waals surface area contributed by atoms with Gasteiger partial charge in [0.25, 0.3) is 0 Å². The van der Waals surface area contributed by atoms with Crippen molar-refractivity contribution in [3.05, 3.63) is 0 Å². The first-order chi connectivity index (χ1) is 5.83. The van der Waals surface area contributed by atoms with Crippen molar-refractivity contribution in [2.24, 2.45) is 0 Å². The smallest absolute Gasteiger partial charge is 0.309 e. The molecule has 1 rings (SSSR count). The maximum Gasteiger partial charge on any atom is 0.309 e. The highest BCUT2D eigenvalue weighted by Gasteiger charge is 2.30. The minimum Gasteiger partial charge on any atom is -0.342 e. The van der Waals surface area contributed by atoms with Crippen LogP contribution in [-0.2, 0) is 4.79 Å². The molecule has 12 heavy (non-hydrogen) atoms. The quantitative estimate of drug-likeness (QED) is 0.640. The number of rotatable bonds is 4. The van der Waals surface area contributed by atoms with Crippen molar-refractivity contribution < 1.29 is 4.79 Å². The van der Waals surface area contributed by atoms with Crippen molar-refractivity contribution >= 4 is 6.41 Å². The Morgan fingerprint density at radius 3 is 2.50 bits per heavy atom. The van der Waals surface area contributed by atoms with E-state index in [-0.39, 0.29) is 5.54 Å². The standard InChI is InChI=1S/C10H18NO/c1-2-6-10(11-9-12)7-4-3-5-8-10/h2-8H2,1H3,(H,11,12). The van der Waals surface area contributed by atoms with Gasteiger partial charge in [-0.1, -0.05) is 32.6 Å². The highest BCUT2D eigenvalue weighted by molar-refractivity contribution is 5.49. The third-order valence-corrected chi connectivity index (χ3v) is 2.86. The van der Waals surface area contributed by atoms with Crippen molar-refractivity contribution in [2.75, 3.05) is 0 Å². The van der Waals surface area contributed by atoms with Crippen LogP contribution in [0.2, 0.25) is 0 Å². The fraction of sp³-hybridized carbons (Fsp3) is 0.900. The van der Waals surface area contributed by atoms with Gasteiger partial charge in [0.1, 0.15) is 0 Å². The Bertz CT molecular complexity index is 133. The van der Waals surface area contributed by atoms with Crippen LogP contribution in [0, 0.1) is 0 Å². The van der Waals surface area contributed by atoms with Crippen LogP contribution < -0.4 is 5.32 Å². The van der Waals surface area contributed by atoms with Gasteiger partial charge >= 0.3 is 6.41 Å². The second-order valence-electron chi connectivity index (χ2n) is 3.82. The third-order valence-electron chi connectivity index (χ3n) is 2.86. The molecular formula is C10H18NO. The fourth-order valence-electron chi connectivity index (χ4n) is 2.25. The van der Waals surface area contributed by atoms with E-state index in [9.17, 15) is 4.79 Å². The molecule has 1 saturated carbocycles. The zero-order valence-electron chi connectivity index (χ0n) is 7.86. The number of hydrogen-bond acceptors (Lipinski definition) is 1. The first-order valence-electron chi connectivity index (χ1n) is 4.97. The molecule has 1 aliphatic carbocycles. The first-order valence-corrected chi connectivity index (χ1v) is 4.97. The van der Waals surface area contributed by atoms with Crippen LogP contribution >= 0.6 is 0 Å². The molecule has 1 N–H and O–H groups in total. The van der Waals surface area contributed by atoms with Gasteiger partial charge in [-0.2, -0.15) is 0 Å². The normalized spacial score (nSPS) is 21.8. The lowest BCUT2D eigenvalue weighted by Crippen LogP contribution is -2.45. The van der Waals surface area contributed by atoms with Crippen molar-refractivity contribution in [3.8, 4) is 0 Å². The number of carbonyl (C=O) groups excluding carboxylic acids is 1. The van der Waals surface area contributed by atoms with Gasteiger partial charge in [-0.05, 0) is 19.3 Å².